The number of hydrogen-bond acceptors (Lipinski definition) is 2. The van der Waals surface area contributed by atoms with Crippen LogP contribution in [0.3, 0.4) is 0 Å². The Labute approximate surface area is 155 Å². The molecule has 4 heteroatoms. The fourth-order valence-electron chi connectivity index (χ4n) is 5.10. The zero-order chi connectivity index (χ0) is 18.5. The van der Waals surface area contributed by atoms with Crippen molar-refractivity contribution in [2.75, 3.05) is 13.2 Å². The molecule has 0 amide bonds. The maximum absolute atomic E-state index is 14.5. The second-order valence-electron chi connectivity index (χ2n) is 8.15. The third kappa shape index (κ3) is 4.39. The molecule has 1 aromatic carbocycles. The standard InChI is InChI=1S/C22H32F2O2/c1-2-15-3-5-16(6-4-15)17-7-9-18(10-8-17)19-11-12-20(26-14-13-25)22(24)21(19)23/h11-12,15-18,25H,2-10,13-14H2,1H3. The van der Waals surface area contributed by atoms with Gasteiger partial charge in [0.05, 0.1) is 6.61 Å². The third-order valence-corrected chi connectivity index (χ3v) is 6.77. The minimum Gasteiger partial charge on any atom is -0.488 e. The Balaban J connectivity index is 1.57. The molecule has 0 bridgehead atoms. The summed E-state index contributed by atoms with van der Waals surface area (Å²) in [6, 6.07) is 3.17. The maximum Gasteiger partial charge on any atom is 0.200 e. The molecule has 0 unspecified atom stereocenters. The number of benzene rings is 1. The Morgan fingerprint density at radius 2 is 1.54 bits per heavy atom. The largest absolute Gasteiger partial charge is 0.488 e. The smallest absolute Gasteiger partial charge is 0.200 e. The molecule has 146 valence electrons. The molecule has 0 aromatic heterocycles. The van der Waals surface area contributed by atoms with Crippen LogP contribution in [0.15, 0.2) is 12.1 Å². The topological polar surface area (TPSA) is 29.5 Å². The van der Waals surface area contributed by atoms with Gasteiger partial charge in [-0.25, -0.2) is 4.39 Å². The van der Waals surface area contributed by atoms with Crippen LogP contribution in [0.25, 0.3) is 0 Å². The monoisotopic (exact) mass is 366 g/mol. The molecule has 3 rings (SSSR count). The molecule has 0 saturated heterocycles. The van der Waals surface area contributed by atoms with Gasteiger partial charge in [0, 0.05) is 0 Å². The third-order valence-electron chi connectivity index (χ3n) is 6.77. The summed E-state index contributed by atoms with van der Waals surface area (Å²) >= 11 is 0. The first-order chi connectivity index (χ1) is 12.6. The van der Waals surface area contributed by atoms with Gasteiger partial charge in [-0.3, -0.25) is 0 Å². The van der Waals surface area contributed by atoms with E-state index < -0.39 is 11.6 Å². The van der Waals surface area contributed by atoms with Crippen molar-refractivity contribution < 1.29 is 18.6 Å². The molecule has 0 heterocycles. The number of rotatable bonds is 6. The molecular weight excluding hydrogens is 334 g/mol. The Morgan fingerprint density at radius 3 is 2.12 bits per heavy atom. The molecule has 26 heavy (non-hydrogen) atoms. The summed E-state index contributed by atoms with van der Waals surface area (Å²) in [5.41, 5.74) is 0.493. The van der Waals surface area contributed by atoms with Crippen LogP contribution in [0.5, 0.6) is 5.75 Å². The van der Waals surface area contributed by atoms with Gasteiger partial charge in [-0.05, 0) is 73.8 Å². The van der Waals surface area contributed by atoms with Crippen molar-refractivity contribution in [3.05, 3.63) is 29.3 Å². The Kier molecular flexibility index (Phi) is 6.91. The van der Waals surface area contributed by atoms with Gasteiger partial charge in [-0.15, -0.1) is 0 Å². The normalized spacial score (nSPS) is 29.5. The summed E-state index contributed by atoms with van der Waals surface area (Å²) in [4.78, 5) is 0. The van der Waals surface area contributed by atoms with Crippen LogP contribution in [0.1, 0.15) is 76.2 Å². The van der Waals surface area contributed by atoms with Gasteiger partial charge in [0.25, 0.3) is 0 Å². The van der Waals surface area contributed by atoms with Crippen LogP contribution in [0.4, 0.5) is 8.78 Å². The number of hydrogen-bond donors (Lipinski definition) is 1. The first-order valence-electron chi connectivity index (χ1n) is 10.4. The minimum absolute atomic E-state index is 0.0267. The van der Waals surface area contributed by atoms with Gasteiger partial charge in [0.2, 0.25) is 5.82 Å². The first kappa shape index (κ1) is 19.6. The molecule has 1 aromatic rings. The molecule has 0 aliphatic heterocycles. The van der Waals surface area contributed by atoms with E-state index in [2.05, 4.69) is 6.92 Å². The lowest BCUT2D eigenvalue weighted by atomic mass is 9.68. The highest BCUT2D eigenvalue weighted by Crippen LogP contribution is 2.45. The van der Waals surface area contributed by atoms with E-state index in [1.807, 2.05) is 0 Å². The highest BCUT2D eigenvalue weighted by molar-refractivity contribution is 5.33. The van der Waals surface area contributed by atoms with E-state index >= 15 is 0 Å². The maximum atomic E-state index is 14.5. The van der Waals surface area contributed by atoms with E-state index in [0.717, 1.165) is 43.4 Å². The lowest BCUT2D eigenvalue weighted by Crippen LogP contribution is -2.25. The Bertz CT molecular complexity index is 574. The Hall–Kier alpha value is -1.16. The van der Waals surface area contributed by atoms with E-state index in [1.54, 1.807) is 6.07 Å². The van der Waals surface area contributed by atoms with Gasteiger partial charge in [0.15, 0.2) is 11.6 Å². The van der Waals surface area contributed by atoms with Crippen molar-refractivity contribution in [1.29, 1.82) is 0 Å². The van der Waals surface area contributed by atoms with Gasteiger partial charge in [-0.2, -0.15) is 4.39 Å². The SMILES string of the molecule is CCC1CCC(C2CCC(c3ccc(OCCO)c(F)c3F)CC2)CC1. The number of aliphatic hydroxyl groups excluding tert-OH is 1. The minimum atomic E-state index is -0.920. The van der Waals surface area contributed by atoms with Crippen molar-refractivity contribution >= 4 is 0 Å². The molecule has 0 spiro atoms. The first-order valence-corrected chi connectivity index (χ1v) is 10.4. The van der Waals surface area contributed by atoms with Crippen LogP contribution in [-0.2, 0) is 0 Å². The summed E-state index contributed by atoms with van der Waals surface area (Å²) in [6.45, 7) is 2.05. The van der Waals surface area contributed by atoms with Crippen molar-refractivity contribution in [1.82, 2.24) is 0 Å². The predicted octanol–water partition coefficient (Wildman–Crippen LogP) is 5.83. The van der Waals surface area contributed by atoms with Gasteiger partial charge >= 0.3 is 0 Å². The number of ether oxygens (including phenoxy) is 1. The summed E-state index contributed by atoms with van der Waals surface area (Å²) in [5, 5.41) is 8.77. The summed E-state index contributed by atoms with van der Waals surface area (Å²) in [6.07, 6.45) is 10.9. The molecule has 2 aliphatic rings. The molecule has 2 nitrogen and oxygen atoms in total. The fraction of sp³-hybridized carbons (Fsp3) is 0.727. The fourth-order valence-corrected chi connectivity index (χ4v) is 5.10. The van der Waals surface area contributed by atoms with Crippen LogP contribution in [-0.4, -0.2) is 18.3 Å². The number of aliphatic hydroxyl groups is 1. The molecule has 0 atom stereocenters. The van der Waals surface area contributed by atoms with Gasteiger partial charge in [-0.1, -0.05) is 32.3 Å². The molecule has 2 aliphatic carbocycles. The Morgan fingerprint density at radius 1 is 0.923 bits per heavy atom. The van der Waals surface area contributed by atoms with E-state index in [-0.39, 0.29) is 24.9 Å². The van der Waals surface area contributed by atoms with Crippen molar-refractivity contribution in [2.45, 2.75) is 70.6 Å². The van der Waals surface area contributed by atoms with Crippen LogP contribution in [0.2, 0.25) is 0 Å². The van der Waals surface area contributed by atoms with E-state index in [9.17, 15) is 8.78 Å². The quantitative estimate of drug-likeness (QED) is 0.687. The molecule has 0 radical (unpaired) electrons. The zero-order valence-electron chi connectivity index (χ0n) is 15.9. The lowest BCUT2D eigenvalue weighted by molar-refractivity contribution is 0.157. The summed E-state index contributed by atoms with van der Waals surface area (Å²) in [7, 11) is 0. The zero-order valence-corrected chi connectivity index (χ0v) is 15.9. The average Bonchev–Trinajstić information content (AvgIpc) is 2.69. The average molecular weight is 366 g/mol. The van der Waals surface area contributed by atoms with Crippen molar-refractivity contribution in [2.24, 2.45) is 17.8 Å². The van der Waals surface area contributed by atoms with Crippen LogP contribution >= 0.6 is 0 Å². The number of halogens is 2. The predicted molar refractivity (Wildman–Crippen MR) is 99.4 cm³/mol. The summed E-state index contributed by atoms with van der Waals surface area (Å²) in [5.74, 6) is 0.842. The van der Waals surface area contributed by atoms with Gasteiger partial charge < -0.3 is 9.84 Å². The van der Waals surface area contributed by atoms with E-state index in [1.165, 1.54) is 38.2 Å². The van der Waals surface area contributed by atoms with E-state index in [4.69, 9.17) is 9.84 Å². The molecule has 1 N–H and O–H groups in total. The second-order valence-corrected chi connectivity index (χ2v) is 8.15. The highest BCUT2D eigenvalue weighted by Gasteiger charge is 2.32. The van der Waals surface area contributed by atoms with Crippen LogP contribution in [0, 0.1) is 29.4 Å². The summed E-state index contributed by atoms with van der Waals surface area (Å²) < 4.78 is 33.7. The lowest BCUT2D eigenvalue weighted by Gasteiger charge is -2.38. The molecular formula is C22H32F2O2. The van der Waals surface area contributed by atoms with Crippen LogP contribution < -0.4 is 4.74 Å². The van der Waals surface area contributed by atoms with Crippen molar-refractivity contribution in [3.8, 4) is 5.75 Å². The van der Waals surface area contributed by atoms with Gasteiger partial charge in [0.1, 0.15) is 6.61 Å². The van der Waals surface area contributed by atoms with E-state index in [0.29, 0.717) is 5.56 Å². The highest BCUT2D eigenvalue weighted by atomic mass is 19.2. The second kappa shape index (κ2) is 9.16. The molecule has 2 fully saturated rings. The molecule has 2 saturated carbocycles. The van der Waals surface area contributed by atoms with Crippen molar-refractivity contribution in [3.63, 3.8) is 0 Å².